The van der Waals surface area contributed by atoms with Crippen LogP contribution in [0.4, 0.5) is 4.79 Å². The van der Waals surface area contributed by atoms with E-state index in [2.05, 4.69) is 31.4 Å². The number of amides is 2. The van der Waals surface area contributed by atoms with Crippen molar-refractivity contribution in [2.45, 2.75) is 58.9 Å². The van der Waals surface area contributed by atoms with Crippen molar-refractivity contribution in [3.05, 3.63) is 0 Å². The lowest BCUT2D eigenvalue weighted by Crippen LogP contribution is -2.51. The van der Waals surface area contributed by atoms with E-state index in [1.165, 1.54) is 12.8 Å². The number of hydrogen-bond acceptors (Lipinski definition) is 3. The minimum Gasteiger partial charge on any atom is -0.338 e. The number of rotatable bonds is 3. The van der Waals surface area contributed by atoms with Crippen LogP contribution >= 0.6 is 0 Å². The zero-order valence-electron chi connectivity index (χ0n) is 14.5. The highest BCUT2D eigenvalue weighted by Gasteiger charge is 2.61. The van der Waals surface area contributed by atoms with Crippen LogP contribution in [0.3, 0.4) is 0 Å². The number of carbonyl (C=O) groups excluding carboxylic acids is 1. The molecular formula is C17H30N2O3S. The van der Waals surface area contributed by atoms with Gasteiger partial charge >= 0.3 is 6.03 Å². The van der Waals surface area contributed by atoms with Crippen LogP contribution in [0.1, 0.15) is 52.9 Å². The molecule has 0 spiro atoms. The van der Waals surface area contributed by atoms with E-state index in [-0.39, 0.29) is 34.6 Å². The van der Waals surface area contributed by atoms with Gasteiger partial charge in [0.05, 0.1) is 11.5 Å². The summed E-state index contributed by atoms with van der Waals surface area (Å²) in [5, 5.41) is 6.07. The minimum absolute atomic E-state index is 0.0616. The van der Waals surface area contributed by atoms with E-state index in [0.29, 0.717) is 24.6 Å². The van der Waals surface area contributed by atoms with Gasteiger partial charge in [0.25, 0.3) is 0 Å². The smallest absolute Gasteiger partial charge is 0.315 e. The highest BCUT2D eigenvalue weighted by Crippen LogP contribution is 2.65. The van der Waals surface area contributed by atoms with Crippen molar-refractivity contribution < 1.29 is 13.2 Å². The molecule has 0 aromatic rings. The Morgan fingerprint density at radius 3 is 2.52 bits per heavy atom. The van der Waals surface area contributed by atoms with Crippen LogP contribution in [0.15, 0.2) is 0 Å². The number of urea groups is 1. The van der Waals surface area contributed by atoms with Crippen LogP contribution in [-0.2, 0) is 9.84 Å². The number of fused-ring (bicyclic) bond motifs is 2. The summed E-state index contributed by atoms with van der Waals surface area (Å²) in [5.41, 5.74) is 0.450. The highest BCUT2D eigenvalue weighted by atomic mass is 32.2. The van der Waals surface area contributed by atoms with Crippen molar-refractivity contribution in [3.8, 4) is 0 Å². The van der Waals surface area contributed by atoms with Crippen molar-refractivity contribution >= 4 is 15.9 Å². The van der Waals surface area contributed by atoms with Gasteiger partial charge in [0.15, 0.2) is 9.84 Å². The zero-order chi connectivity index (χ0) is 16.9. The predicted octanol–water partition coefficient (Wildman–Crippen LogP) is 2.33. The maximum Gasteiger partial charge on any atom is 0.315 e. The van der Waals surface area contributed by atoms with E-state index in [1.54, 1.807) is 0 Å². The first-order chi connectivity index (χ1) is 10.6. The topological polar surface area (TPSA) is 75.3 Å². The number of nitrogens with one attached hydrogen (secondary N) is 2. The van der Waals surface area contributed by atoms with E-state index in [1.807, 2.05) is 0 Å². The SMILES string of the molecule is CC1(C)C2CCC1(C)C(NC(=O)NCC1CCCS(=O)(=O)C1)C2. The Kier molecular flexibility index (Phi) is 4.18. The first-order valence-electron chi connectivity index (χ1n) is 8.89. The Hall–Kier alpha value is -0.780. The number of carbonyl (C=O) groups is 1. The van der Waals surface area contributed by atoms with Crippen molar-refractivity contribution in [1.29, 1.82) is 0 Å². The molecule has 23 heavy (non-hydrogen) atoms. The molecule has 0 aromatic carbocycles. The molecule has 2 bridgehead atoms. The van der Waals surface area contributed by atoms with Crippen molar-refractivity contribution in [1.82, 2.24) is 10.6 Å². The summed E-state index contributed by atoms with van der Waals surface area (Å²) < 4.78 is 23.3. The van der Waals surface area contributed by atoms with Crippen LogP contribution in [0.5, 0.6) is 0 Å². The molecule has 0 radical (unpaired) electrons. The van der Waals surface area contributed by atoms with Gasteiger partial charge in [-0.3, -0.25) is 0 Å². The van der Waals surface area contributed by atoms with Crippen LogP contribution in [0.25, 0.3) is 0 Å². The lowest BCUT2D eigenvalue weighted by Gasteiger charge is -2.39. The van der Waals surface area contributed by atoms with E-state index < -0.39 is 9.84 Å². The van der Waals surface area contributed by atoms with Crippen LogP contribution in [0.2, 0.25) is 0 Å². The fourth-order valence-electron chi connectivity index (χ4n) is 5.15. The zero-order valence-corrected chi connectivity index (χ0v) is 15.3. The average Bonchev–Trinajstić information content (AvgIpc) is 2.77. The Morgan fingerprint density at radius 1 is 1.22 bits per heavy atom. The van der Waals surface area contributed by atoms with Crippen LogP contribution in [0, 0.1) is 22.7 Å². The first-order valence-corrected chi connectivity index (χ1v) is 10.7. The molecule has 132 valence electrons. The van der Waals surface area contributed by atoms with E-state index in [4.69, 9.17) is 0 Å². The van der Waals surface area contributed by atoms with Gasteiger partial charge in [-0.05, 0) is 54.8 Å². The molecule has 2 amide bonds. The lowest BCUT2D eigenvalue weighted by molar-refractivity contribution is 0.123. The van der Waals surface area contributed by atoms with E-state index >= 15 is 0 Å². The molecule has 1 saturated heterocycles. The van der Waals surface area contributed by atoms with Gasteiger partial charge in [-0.2, -0.15) is 0 Å². The van der Waals surface area contributed by atoms with Crippen molar-refractivity contribution in [3.63, 3.8) is 0 Å². The van der Waals surface area contributed by atoms with Crippen molar-refractivity contribution in [2.24, 2.45) is 22.7 Å². The number of sulfone groups is 1. The highest BCUT2D eigenvalue weighted by molar-refractivity contribution is 7.91. The molecular weight excluding hydrogens is 312 g/mol. The van der Waals surface area contributed by atoms with Gasteiger partial charge in [0.2, 0.25) is 0 Å². The maximum absolute atomic E-state index is 12.3. The maximum atomic E-state index is 12.3. The summed E-state index contributed by atoms with van der Waals surface area (Å²) in [7, 11) is -2.91. The second kappa shape index (κ2) is 5.64. The summed E-state index contributed by atoms with van der Waals surface area (Å²) in [6.07, 6.45) is 5.11. The molecule has 3 fully saturated rings. The Morgan fingerprint density at radius 2 is 1.96 bits per heavy atom. The third kappa shape index (κ3) is 2.99. The standard InChI is InChI=1S/C17H30N2O3S/c1-16(2)13-6-7-17(16,3)14(9-13)19-15(20)18-10-12-5-4-8-23(21,22)11-12/h12-14H,4-11H2,1-3H3,(H2,18,19,20). The molecule has 2 N–H and O–H groups in total. The molecule has 6 heteroatoms. The molecule has 4 unspecified atom stereocenters. The van der Waals surface area contributed by atoms with E-state index in [9.17, 15) is 13.2 Å². The fourth-order valence-corrected chi connectivity index (χ4v) is 6.92. The monoisotopic (exact) mass is 342 g/mol. The van der Waals surface area contributed by atoms with E-state index in [0.717, 1.165) is 12.8 Å². The molecule has 5 nitrogen and oxygen atoms in total. The largest absolute Gasteiger partial charge is 0.338 e. The number of hydrogen-bond donors (Lipinski definition) is 2. The summed E-state index contributed by atoms with van der Waals surface area (Å²) in [6.45, 7) is 7.42. The van der Waals surface area contributed by atoms with Crippen molar-refractivity contribution in [2.75, 3.05) is 18.1 Å². The predicted molar refractivity (Wildman–Crippen MR) is 90.9 cm³/mol. The quantitative estimate of drug-likeness (QED) is 0.826. The summed E-state index contributed by atoms with van der Waals surface area (Å²) in [5.74, 6) is 1.27. The van der Waals surface area contributed by atoms with Gasteiger partial charge in [-0.25, -0.2) is 13.2 Å². The minimum atomic E-state index is -2.91. The molecule has 1 aliphatic heterocycles. The van der Waals surface area contributed by atoms with Gasteiger partial charge < -0.3 is 10.6 Å². The summed E-state index contributed by atoms with van der Waals surface area (Å²) >= 11 is 0. The molecule has 0 aromatic heterocycles. The third-order valence-corrected chi connectivity index (χ3v) is 9.10. The Labute approximate surface area is 139 Å². The molecule has 2 saturated carbocycles. The van der Waals surface area contributed by atoms with Gasteiger partial charge in [-0.15, -0.1) is 0 Å². The molecule has 3 rings (SSSR count). The molecule has 4 atom stereocenters. The Bertz CT molecular complexity index is 587. The average molecular weight is 343 g/mol. The fraction of sp³-hybridized carbons (Fsp3) is 0.941. The van der Waals surface area contributed by atoms with Gasteiger partial charge in [0.1, 0.15) is 0 Å². The first kappa shape index (κ1) is 17.1. The second-order valence-corrected chi connectivity index (χ2v) is 10.9. The lowest BCUT2D eigenvalue weighted by atomic mass is 9.69. The van der Waals surface area contributed by atoms with Gasteiger partial charge in [0, 0.05) is 12.6 Å². The molecule has 2 aliphatic carbocycles. The summed E-state index contributed by atoms with van der Waals surface area (Å²) in [4.78, 5) is 12.3. The summed E-state index contributed by atoms with van der Waals surface area (Å²) in [6, 6.07) is 0.0916. The third-order valence-electron chi connectivity index (χ3n) is 7.21. The normalized spacial score (nSPS) is 40.7. The van der Waals surface area contributed by atoms with Gasteiger partial charge in [-0.1, -0.05) is 20.8 Å². The second-order valence-electron chi connectivity index (χ2n) is 8.64. The molecule has 1 heterocycles. The van der Waals surface area contributed by atoms with Crippen LogP contribution < -0.4 is 10.6 Å². The Balaban J connectivity index is 1.51. The molecule has 3 aliphatic rings. The van der Waals surface area contributed by atoms with Crippen LogP contribution in [-0.4, -0.2) is 38.5 Å².